The van der Waals surface area contributed by atoms with Crippen molar-refractivity contribution < 1.29 is 23.8 Å². The summed E-state index contributed by atoms with van der Waals surface area (Å²) in [6.45, 7) is 4.09. The van der Waals surface area contributed by atoms with Crippen LogP contribution in [-0.2, 0) is 9.53 Å². The second kappa shape index (κ2) is 10.0. The van der Waals surface area contributed by atoms with Crippen molar-refractivity contribution in [3.05, 3.63) is 52.0 Å². The van der Waals surface area contributed by atoms with Crippen LogP contribution in [-0.4, -0.2) is 31.7 Å². The Kier molecular flexibility index (Phi) is 7.76. The average molecular weight is 412 g/mol. The lowest BCUT2D eigenvalue weighted by atomic mass is 10.2. The number of halogens is 2. The van der Waals surface area contributed by atoms with Gasteiger partial charge in [0.05, 0.1) is 34.5 Å². The molecule has 0 unspecified atom stereocenters. The molecule has 0 radical (unpaired) electrons. The SMILES string of the molecule is CCOc1ccc(C(=O)OCC(=O)Nc2cccc(Cl)c2Cl)cc1OCC. The monoisotopic (exact) mass is 411 g/mol. The maximum absolute atomic E-state index is 12.2. The average Bonchev–Trinajstić information content (AvgIpc) is 2.65. The first-order valence-electron chi connectivity index (χ1n) is 8.26. The smallest absolute Gasteiger partial charge is 0.338 e. The third-order valence-corrected chi connectivity index (χ3v) is 4.16. The van der Waals surface area contributed by atoms with E-state index in [1.807, 2.05) is 13.8 Å². The zero-order valence-corrected chi connectivity index (χ0v) is 16.4. The predicted molar refractivity (Wildman–Crippen MR) is 104 cm³/mol. The van der Waals surface area contributed by atoms with Gasteiger partial charge in [-0.1, -0.05) is 29.3 Å². The van der Waals surface area contributed by atoms with Crippen LogP contribution in [0, 0.1) is 0 Å². The molecule has 0 aliphatic carbocycles. The van der Waals surface area contributed by atoms with Gasteiger partial charge in [-0.25, -0.2) is 4.79 Å². The van der Waals surface area contributed by atoms with Crippen molar-refractivity contribution in [2.75, 3.05) is 25.1 Å². The molecule has 0 bridgehead atoms. The van der Waals surface area contributed by atoms with Crippen LogP contribution in [0.15, 0.2) is 36.4 Å². The lowest BCUT2D eigenvalue weighted by Gasteiger charge is -2.12. The van der Waals surface area contributed by atoms with E-state index in [9.17, 15) is 9.59 Å². The van der Waals surface area contributed by atoms with Crippen LogP contribution in [0.3, 0.4) is 0 Å². The highest BCUT2D eigenvalue weighted by Crippen LogP contribution is 2.30. The van der Waals surface area contributed by atoms with Crippen molar-refractivity contribution in [1.82, 2.24) is 0 Å². The van der Waals surface area contributed by atoms with E-state index in [4.69, 9.17) is 37.4 Å². The molecular weight excluding hydrogens is 393 g/mol. The molecule has 1 amide bonds. The number of amides is 1. The molecule has 0 aliphatic rings. The van der Waals surface area contributed by atoms with Crippen molar-refractivity contribution in [1.29, 1.82) is 0 Å². The molecule has 0 saturated carbocycles. The molecule has 0 spiro atoms. The van der Waals surface area contributed by atoms with Crippen LogP contribution in [0.2, 0.25) is 10.0 Å². The topological polar surface area (TPSA) is 73.9 Å². The van der Waals surface area contributed by atoms with Gasteiger partial charge < -0.3 is 19.5 Å². The Labute approximate surface area is 167 Å². The predicted octanol–water partition coefficient (Wildman–Crippen LogP) is 4.59. The maximum Gasteiger partial charge on any atom is 0.338 e. The van der Waals surface area contributed by atoms with E-state index >= 15 is 0 Å². The Balaban J connectivity index is 1.99. The third-order valence-electron chi connectivity index (χ3n) is 3.34. The summed E-state index contributed by atoms with van der Waals surface area (Å²) >= 11 is 11.9. The van der Waals surface area contributed by atoms with Crippen LogP contribution < -0.4 is 14.8 Å². The summed E-state index contributed by atoms with van der Waals surface area (Å²) < 4.78 is 16.0. The molecule has 2 rings (SSSR count). The van der Waals surface area contributed by atoms with Crippen LogP contribution in [0.25, 0.3) is 0 Å². The molecule has 0 fully saturated rings. The van der Waals surface area contributed by atoms with Crippen LogP contribution in [0.4, 0.5) is 5.69 Å². The minimum Gasteiger partial charge on any atom is -0.490 e. The van der Waals surface area contributed by atoms with Gasteiger partial charge in [0.25, 0.3) is 5.91 Å². The number of nitrogens with one attached hydrogen (secondary N) is 1. The molecule has 8 heteroatoms. The van der Waals surface area contributed by atoms with Gasteiger partial charge in [-0.2, -0.15) is 0 Å². The van der Waals surface area contributed by atoms with E-state index in [0.717, 1.165) is 0 Å². The van der Waals surface area contributed by atoms with Gasteiger partial charge in [0.1, 0.15) is 0 Å². The second-order valence-corrected chi connectivity index (χ2v) is 6.04. The van der Waals surface area contributed by atoms with Crippen LogP contribution in [0.1, 0.15) is 24.2 Å². The molecule has 27 heavy (non-hydrogen) atoms. The van der Waals surface area contributed by atoms with Gasteiger partial charge >= 0.3 is 5.97 Å². The van der Waals surface area contributed by atoms with Crippen molar-refractivity contribution in [2.24, 2.45) is 0 Å². The number of esters is 1. The van der Waals surface area contributed by atoms with Gasteiger partial charge in [-0.3, -0.25) is 4.79 Å². The number of rotatable bonds is 8. The van der Waals surface area contributed by atoms with Gasteiger partial charge in [0.15, 0.2) is 18.1 Å². The molecule has 0 heterocycles. The number of hydrogen-bond donors (Lipinski definition) is 1. The van der Waals surface area contributed by atoms with Crippen LogP contribution >= 0.6 is 23.2 Å². The highest BCUT2D eigenvalue weighted by Gasteiger charge is 2.15. The van der Waals surface area contributed by atoms with E-state index in [1.54, 1.807) is 30.3 Å². The fraction of sp³-hybridized carbons (Fsp3) is 0.263. The first-order valence-corrected chi connectivity index (χ1v) is 9.02. The Bertz CT molecular complexity index is 826. The van der Waals surface area contributed by atoms with E-state index in [1.165, 1.54) is 6.07 Å². The zero-order chi connectivity index (χ0) is 19.8. The zero-order valence-electron chi connectivity index (χ0n) is 14.9. The minimum atomic E-state index is -0.661. The molecule has 6 nitrogen and oxygen atoms in total. The van der Waals surface area contributed by atoms with E-state index < -0.39 is 18.5 Å². The molecule has 0 saturated heterocycles. The van der Waals surface area contributed by atoms with Gasteiger partial charge in [0, 0.05) is 0 Å². The first-order chi connectivity index (χ1) is 13.0. The molecule has 2 aromatic rings. The Morgan fingerprint density at radius 3 is 2.41 bits per heavy atom. The molecule has 1 N–H and O–H groups in total. The number of ether oxygens (including phenoxy) is 3. The Morgan fingerprint density at radius 2 is 1.70 bits per heavy atom. The van der Waals surface area contributed by atoms with E-state index in [2.05, 4.69) is 5.32 Å². The summed E-state index contributed by atoms with van der Waals surface area (Å²) in [7, 11) is 0. The van der Waals surface area contributed by atoms with Crippen LogP contribution in [0.5, 0.6) is 11.5 Å². The molecule has 0 aliphatic heterocycles. The lowest BCUT2D eigenvalue weighted by Crippen LogP contribution is -2.21. The molecule has 0 atom stereocenters. The summed E-state index contributed by atoms with van der Waals surface area (Å²) in [5, 5.41) is 3.06. The summed E-state index contributed by atoms with van der Waals surface area (Å²) in [5.41, 5.74) is 0.584. The number of carbonyl (C=O) groups excluding carboxylic acids is 2. The maximum atomic E-state index is 12.2. The van der Waals surface area contributed by atoms with Crippen molar-refractivity contribution in [2.45, 2.75) is 13.8 Å². The number of hydrogen-bond acceptors (Lipinski definition) is 5. The van der Waals surface area contributed by atoms with Crippen molar-refractivity contribution >= 4 is 40.8 Å². The standard InChI is InChI=1S/C19H19Cl2NO5/c1-3-25-15-9-8-12(10-16(15)26-4-2)19(24)27-11-17(23)22-14-7-5-6-13(20)18(14)21/h5-10H,3-4,11H2,1-2H3,(H,22,23). The minimum absolute atomic E-state index is 0.215. The number of carbonyl (C=O) groups is 2. The van der Waals surface area contributed by atoms with E-state index in [0.29, 0.717) is 35.4 Å². The van der Waals surface area contributed by atoms with Gasteiger partial charge in [-0.15, -0.1) is 0 Å². The van der Waals surface area contributed by atoms with Gasteiger partial charge in [0.2, 0.25) is 0 Å². The highest BCUT2D eigenvalue weighted by atomic mass is 35.5. The lowest BCUT2D eigenvalue weighted by molar-refractivity contribution is -0.119. The molecule has 144 valence electrons. The summed E-state index contributed by atoms with van der Waals surface area (Å²) in [6, 6.07) is 9.52. The molecule has 0 aromatic heterocycles. The second-order valence-electron chi connectivity index (χ2n) is 5.25. The summed E-state index contributed by atoms with van der Waals surface area (Å²) in [6.07, 6.45) is 0. The quantitative estimate of drug-likeness (QED) is 0.643. The Hall–Kier alpha value is -2.44. The van der Waals surface area contributed by atoms with Gasteiger partial charge in [-0.05, 0) is 44.2 Å². The summed E-state index contributed by atoms with van der Waals surface area (Å²) in [4.78, 5) is 24.2. The highest BCUT2D eigenvalue weighted by molar-refractivity contribution is 6.44. The summed E-state index contributed by atoms with van der Waals surface area (Å²) in [5.74, 6) is -0.233. The van der Waals surface area contributed by atoms with Crippen molar-refractivity contribution in [3.63, 3.8) is 0 Å². The van der Waals surface area contributed by atoms with E-state index in [-0.39, 0.29) is 10.6 Å². The first kappa shape index (κ1) is 20.9. The fourth-order valence-corrected chi connectivity index (χ4v) is 2.53. The Morgan fingerprint density at radius 1 is 1.00 bits per heavy atom. The molecule has 2 aromatic carbocycles. The number of anilines is 1. The normalized spacial score (nSPS) is 10.2. The number of benzene rings is 2. The van der Waals surface area contributed by atoms with Crippen molar-refractivity contribution in [3.8, 4) is 11.5 Å². The largest absolute Gasteiger partial charge is 0.490 e. The fourth-order valence-electron chi connectivity index (χ4n) is 2.18. The third kappa shape index (κ3) is 5.77. The molecular formula is C19H19Cl2NO5.